The molecule has 0 spiro atoms. The number of nitrogens with two attached hydrogens (primary N) is 1. The Morgan fingerprint density at radius 2 is 1.93 bits per heavy atom. The van der Waals surface area contributed by atoms with Crippen molar-refractivity contribution >= 4 is 5.96 Å². The van der Waals surface area contributed by atoms with Crippen LogP contribution in [0.1, 0.15) is 43.7 Å². The molecule has 2 heterocycles. The number of aliphatic hydroxyl groups is 1. The number of guanidine groups is 1. The van der Waals surface area contributed by atoms with E-state index in [1.807, 2.05) is 0 Å². The predicted molar refractivity (Wildman–Crippen MR) is 111 cm³/mol. The van der Waals surface area contributed by atoms with Gasteiger partial charge in [0.25, 0.3) is 0 Å². The van der Waals surface area contributed by atoms with Crippen molar-refractivity contribution in [2.75, 3.05) is 32.7 Å². The van der Waals surface area contributed by atoms with Gasteiger partial charge in [-0.15, -0.1) is 0 Å². The van der Waals surface area contributed by atoms with Gasteiger partial charge in [-0.3, -0.25) is 9.80 Å². The number of hydrogen-bond donors (Lipinski definition) is 3. The van der Waals surface area contributed by atoms with Gasteiger partial charge in [0.2, 0.25) is 0 Å². The Morgan fingerprint density at radius 3 is 2.67 bits per heavy atom. The van der Waals surface area contributed by atoms with Gasteiger partial charge in [0.05, 0.1) is 12.6 Å². The summed E-state index contributed by atoms with van der Waals surface area (Å²) in [5.41, 5.74) is 8.65. The maximum atomic E-state index is 9.69. The van der Waals surface area contributed by atoms with Gasteiger partial charge < -0.3 is 16.2 Å². The van der Waals surface area contributed by atoms with Crippen molar-refractivity contribution in [2.45, 2.75) is 57.8 Å². The molecule has 1 aromatic rings. The third-order valence-electron chi connectivity index (χ3n) is 5.91. The summed E-state index contributed by atoms with van der Waals surface area (Å²) < 4.78 is 0. The Labute approximate surface area is 163 Å². The zero-order valence-corrected chi connectivity index (χ0v) is 16.6. The van der Waals surface area contributed by atoms with Crippen molar-refractivity contribution in [3.8, 4) is 0 Å². The fourth-order valence-corrected chi connectivity index (χ4v) is 4.18. The van der Waals surface area contributed by atoms with Crippen LogP contribution in [-0.4, -0.2) is 65.7 Å². The number of benzene rings is 1. The Bertz CT molecular complexity index is 612. The van der Waals surface area contributed by atoms with E-state index in [0.717, 1.165) is 45.6 Å². The number of likely N-dealkylation sites (N-methyl/N-ethyl adjacent to an activating group) is 1. The number of hydrogen-bond acceptors (Lipinski definition) is 4. The molecule has 150 valence electrons. The average molecular weight is 374 g/mol. The highest BCUT2D eigenvalue weighted by Gasteiger charge is 2.22. The zero-order chi connectivity index (χ0) is 19.1. The van der Waals surface area contributed by atoms with Crippen molar-refractivity contribution in [3.05, 3.63) is 35.4 Å². The van der Waals surface area contributed by atoms with Crippen LogP contribution >= 0.6 is 0 Å². The molecule has 0 amide bonds. The number of nitrogens with zero attached hydrogens (tertiary/aromatic N) is 3. The van der Waals surface area contributed by atoms with E-state index in [0.29, 0.717) is 18.5 Å². The van der Waals surface area contributed by atoms with E-state index < -0.39 is 0 Å². The summed E-state index contributed by atoms with van der Waals surface area (Å²) in [6.45, 7) is 8.82. The van der Waals surface area contributed by atoms with E-state index >= 15 is 0 Å². The smallest absolute Gasteiger partial charge is 0.188 e. The summed E-state index contributed by atoms with van der Waals surface area (Å²) in [7, 11) is 0. The van der Waals surface area contributed by atoms with Crippen molar-refractivity contribution < 1.29 is 5.11 Å². The molecule has 2 fully saturated rings. The first-order chi connectivity index (χ1) is 13.2. The van der Waals surface area contributed by atoms with Gasteiger partial charge in [-0.05, 0) is 49.9 Å². The van der Waals surface area contributed by atoms with E-state index in [4.69, 9.17) is 5.73 Å². The Hall–Kier alpha value is -1.63. The second-order valence-electron chi connectivity index (χ2n) is 7.78. The number of nitrogens with one attached hydrogen (secondary N) is 1. The Balaban J connectivity index is 1.51. The molecular formula is C21H35N5O. The zero-order valence-electron chi connectivity index (χ0n) is 16.6. The number of likely N-dealkylation sites (tertiary alicyclic amines) is 2. The Morgan fingerprint density at radius 1 is 1.19 bits per heavy atom. The molecule has 2 aliphatic rings. The van der Waals surface area contributed by atoms with Gasteiger partial charge in [-0.25, -0.2) is 4.99 Å². The summed E-state index contributed by atoms with van der Waals surface area (Å²) in [6, 6.07) is 9.04. The minimum atomic E-state index is -0.129. The van der Waals surface area contributed by atoms with Crippen LogP contribution in [0.3, 0.4) is 0 Å². The van der Waals surface area contributed by atoms with Gasteiger partial charge in [0, 0.05) is 32.2 Å². The van der Waals surface area contributed by atoms with Gasteiger partial charge in [-0.2, -0.15) is 0 Å². The maximum absolute atomic E-state index is 9.69. The number of piperidine rings is 1. The lowest BCUT2D eigenvalue weighted by Gasteiger charge is -2.30. The van der Waals surface area contributed by atoms with E-state index in [2.05, 4.69) is 51.3 Å². The molecule has 0 saturated carbocycles. The predicted octanol–water partition coefficient (Wildman–Crippen LogP) is 1.53. The van der Waals surface area contributed by atoms with Crippen molar-refractivity contribution in [2.24, 2.45) is 10.7 Å². The molecule has 1 unspecified atom stereocenters. The van der Waals surface area contributed by atoms with Gasteiger partial charge >= 0.3 is 0 Å². The van der Waals surface area contributed by atoms with Crippen LogP contribution in [0.15, 0.2) is 29.3 Å². The second-order valence-corrected chi connectivity index (χ2v) is 7.78. The lowest BCUT2D eigenvalue weighted by atomic mass is 10.0. The van der Waals surface area contributed by atoms with Crippen LogP contribution in [0.2, 0.25) is 0 Å². The van der Waals surface area contributed by atoms with Crippen LogP contribution in [0.5, 0.6) is 0 Å². The summed E-state index contributed by atoms with van der Waals surface area (Å²) >= 11 is 0. The van der Waals surface area contributed by atoms with Crippen LogP contribution < -0.4 is 11.1 Å². The lowest BCUT2D eigenvalue weighted by molar-refractivity contribution is 0.0791. The first-order valence-electron chi connectivity index (χ1n) is 10.4. The third-order valence-corrected chi connectivity index (χ3v) is 5.91. The molecule has 6 heteroatoms. The molecular weight excluding hydrogens is 338 g/mol. The van der Waals surface area contributed by atoms with Crippen LogP contribution in [-0.2, 0) is 13.1 Å². The number of aliphatic imine (C=N–C) groups is 1. The van der Waals surface area contributed by atoms with E-state index in [-0.39, 0.29) is 6.10 Å². The molecule has 0 bridgehead atoms. The van der Waals surface area contributed by atoms with Crippen LogP contribution in [0, 0.1) is 0 Å². The second kappa shape index (κ2) is 10.1. The summed E-state index contributed by atoms with van der Waals surface area (Å²) in [5.74, 6) is 0.536. The first kappa shape index (κ1) is 20.1. The number of aliphatic hydroxyl groups excluding tert-OH is 1. The summed E-state index contributed by atoms with van der Waals surface area (Å²) in [6.07, 6.45) is 4.12. The van der Waals surface area contributed by atoms with E-state index in [9.17, 15) is 5.11 Å². The molecule has 6 nitrogen and oxygen atoms in total. The number of rotatable bonds is 7. The van der Waals surface area contributed by atoms with Crippen molar-refractivity contribution in [1.29, 1.82) is 0 Å². The fourth-order valence-electron chi connectivity index (χ4n) is 4.18. The maximum Gasteiger partial charge on any atom is 0.188 e. The van der Waals surface area contributed by atoms with E-state index in [1.54, 1.807) is 0 Å². The van der Waals surface area contributed by atoms with Gasteiger partial charge in [0.1, 0.15) is 0 Å². The lowest BCUT2D eigenvalue weighted by Crippen LogP contribution is -2.42. The highest BCUT2D eigenvalue weighted by molar-refractivity contribution is 5.77. The molecule has 0 radical (unpaired) electrons. The van der Waals surface area contributed by atoms with Gasteiger partial charge in [-0.1, -0.05) is 31.2 Å². The Kier molecular flexibility index (Phi) is 7.50. The molecule has 2 saturated heterocycles. The fraction of sp³-hybridized carbons (Fsp3) is 0.667. The standard InChI is InChI=1S/C21H35N5O/c1-2-26-11-5-8-19(26)15-24-21(22)23-14-17-6-3-4-7-18(17)16-25-12-9-20(27)10-13-25/h3-4,6-7,19-20,27H,2,5,8-16H2,1H3,(H3,22,23,24). The molecule has 0 aromatic heterocycles. The van der Waals surface area contributed by atoms with Crippen LogP contribution in [0.25, 0.3) is 0 Å². The SMILES string of the molecule is CCN1CCCC1CNC(N)=NCc1ccccc1CN1CCC(O)CC1. The first-order valence-corrected chi connectivity index (χ1v) is 10.4. The third kappa shape index (κ3) is 5.92. The van der Waals surface area contributed by atoms with Gasteiger partial charge in [0.15, 0.2) is 5.96 Å². The highest BCUT2D eigenvalue weighted by Crippen LogP contribution is 2.17. The minimum absolute atomic E-state index is 0.129. The molecule has 2 aliphatic heterocycles. The van der Waals surface area contributed by atoms with Crippen LogP contribution in [0.4, 0.5) is 0 Å². The van der Waals surface area contributed by atoms with Crippen molar-refractivity contribution in [1.82, 2.24) is 15.1 Å². The average Bonchev–Trinajstić information content (AvgIpc) is 3.15. The highest BCUT2D eigenvalue weighted by atomic mass is 16.3. The topological polar surface area (TPSA) is 77.1 Å². The quantitative estimate of drug-likeness (QED) is 0.499. The largest absolute Gasteiger partial charge is 0.393 e. The molecule has 1 aromatic carbocycles. The van der Waals surface area contributed by atoms with Crippen molar-refractivity contribution in [3.63, 3.8) is 0 Å². The van der Waals surface area contributed by atoms with E-state index in [1.165, 1.54) is 30.5 Å². The summed E-state index contributed by atoms with van der Waals surface area (Å²) in [5, 5.41) is 13.0. The molecule has 1 atom stereocenters. The molecule has 0 aliphatic carbocycles. The molecule has 4 N–H and O–H groups in total. The monoisotopic (exact) mass is 373 g/mol. The molecule has 3 rings (SSSR count). The summed E-state index contributed by atoms with van der Waals surface area (Å²) in [4.78, 5) is 9.50. The normalized spacial score (nSPS) is 23.0. The molecule has 27 heavy (non-hydrogen) atoms. The minimum Gasteiger partial charge on any atom is -0.393 e.